The van der Waals surface area contributed by atoms with Crippen molar-refractivity contribution in [3.8, 4) is 0 Å². The highest BCUT2D eigenvalue weighted by Crippen LogP contribution is 2.53. The van der Waals surface area contributed by atoms with Crippen LogP contribution in [0.4, 0.5) is 0 Å². The first-order valence-electron chi connectivity index (χ1n) is 10.7. The van der Waals surface area contributed by atoms with E-state index in [1.165, 1.54) is 0 Å². The largest absolute Gasteiger partial charge is 0.461 e. The summed E-state index contributed by atoms with van der Waals surface area (Å²) < 4.78 is 17.4. The van der Waals surface area contributed by atoms with Gasteiger partial charge in [-0.3, -0.25) is 4.79 Å². The topological polar surface area (TPSA) is 146 Å². The second kappa shape index (κ2) is 8.12. The van der Waals surface area contributed by atoms with Crippen LogP contribution in [0.15, 0.2) is 12.2 Å². The van der Waals surface area contributed by atoms with Gasteiger partial charge in [0.05, 0.1) is 24.7 Å². The molecular weight excluding hydrogens is 396 g/mol. The summed E-state index contributed by atoms with van der Waals surface area (Å²) in [6, 6.07) is 0. The van der Waals surface area contributed by atoms with Gasteiger partial charge < -0.3 is 39.7 Å². The summed E-state index contributed by atoms with van der Waals surface area (Å²) in [5.41, 5.74) is 0.885. The highest BCUT2D eigenvalue weighted by molar-refractivity contribution is 5.75. The van der Waals surface area contributed by atoms with Gasteiger partial charge in [0, 0.05) is 11.8 Å². The van der Waals surface area contributed by atoms with E-state index in [0.717, 1.165) is 5.57 Å². The van der Waals surface area contributed by atoms with Crippen molar-refractivity contribution in [2.24, 2.45) is 29.6 Å². The van der Waals surface area contributed by atoms with E-state index in [1.807, 2.05) is 6.92 Å². The van der Waals surface area contributed by atoms with Gasteiger partial charge >= 0.3 is 5.97 Å². The summed E-state index contributed by atoms with van der Waals surface area (Å²) in [5.74, 6) is -1.28. The predicted octanol–water partition coefficient (Wildman–Crippen LogP) is -1.06. The second-order valence-corrected chi connectivity index (χ2v) is 9.35. The van der Waals surface area contributed by atoms with Crippen LogP contribution >= 0.6 is 0 Å². The first-order chi connectivity index (χ1) is 14.1. The molecule has 2 saturated heterocycles. The smallest absolute Gasteiger partial charge is 0.309 e. The molecule has 4 fully saturated rings. The van der Waals surface area contributed by atoms with Gasteiger partial charge in [0.1, 0.15) is 30.5 Å². The molecule has 9 heteroatoms. The Hall–Kier alpha value is -1.07. The van der Waals surface area contributed by atoms with Gasteiger partial charge in [0.2, 0.25) is 0 Å². The SMILES string of the molecule is C=C1C[C@H](O[C@@H]2O[C@H](CO)[C@@H](O)[C@H](O)[C@H]2O)[C@@H]2[C@H](OC(=O)[C@H]2C)[C@H]2[C@H](C)[C@H](O)C[C@@H]12. The minimum absolute atomic E-state index is 0.0102. The van der Waals surface area contributed by atoms with Gasteiger partial charge in [-0.2, -0.15) is 0 Å². The third kappa shape index (κ3) is 3.40. The highest BCUT2D eigenvalue weighted by atomic mass is 16.7. The van der Waals surface area contributed by atoms with Crippen LogP contribution in [-0.4, -0.2) is 87.1 Å². The summed E-state index contributed by atoms with van der Waals surface area (Å²) in [6.07, 6.45) is -7.50. The maximum absolute atomic E-state index is 12.5. The van der Waals surface area contributed by atoms with E-state index < -0.39 is 61.5 Å². The Morgan fingerprint density at radius 1 is 1.10 bits per heavy atom. The molecule has 2 aliphatic heterocycles. The average molecular weight is 428 g/mol. The van der Waals surface area contributed by atoms with E-state index in [0.29, 0.717) is 12.8 Å². The number of aliphatic hydroxyl groups excluding tert-OH is 5. The van der Waals surface area contributed by atoms with Crippen LogP contribution < -0.4 is 0 Å². The van der Waals surface area contributed by atoms with Crippen molar-refractivity contribution >= 4 is 5.97 Å². The summed E-state index contributed by atoms with van der Waals surface area (Å²) in [5, 5.41) is 50.3. The Bertz CT molecular complexity index is 681. The first kappa shape index (κ1) is 22.1. The Balaban J connectivity index is 1.62. The third-order valence-electron chi connectivity index (χ3n) is 7.71. The lowest BCUT2D eigenvalue weighted by molar-refractivity contribution is -0.316. The van der Waals surface area contributed by atoms with Crippen molar-refractivity contribution in [2.45, 2.75) is 75.7 Å². The lowest BCUT2D eigenvalue weighted by atomic mass is 9.77. The number of aliphatic hydroxyl groups is 5. The van der Waals surface area contributed by atoms with Gasteiger partial charge in [-0.1, -0.05) is 26.0 Å². The Morgan fingerprint density at radius 3 is 2.47 bits per heavy atom. The molecule has 13 atom stereocenters. The molecule has 2 saturated carbocycles. The normalized spacial score (nSPS) is 53.8. The fraction of sp³-hybridized carbons (Fsp3) is 0.857. The van der Waals surface area contributed by atoms with Crippen LogP contribution in [0.3, 0.4) is 0 Å². The van der Waals surface area contributed by atoms with Crippen LogP contribution in [0.1, 0.15) is 26.7 Å². The minimum atomic E-state index is -1.54. The predicted molar refractivity (Wildman–Crippen MR) is 102 cm³/mol. The van der Waals surface area contributed by atoms with Crippen LogP contribution in [-0.2, 0) is 19.0 Å². The van der Waals surface area contributed by atoms with Crippen LogP contribution in [0.25, 0.3) is 0 Å². The van der Waals surface area contributed by atoms with Crippen LogP contribution in [0, 0.1) is 29.6 Å². The van der Waals surface area contributed by atoms with E-state index >= 15 is 0 Å². The Kier molecular flexibility index (Phi) is 6.00. The first-order valence-corrected chi connectivity index (χ1v) is 10.7. The standard InChI is InChI=1S/C21H32O9/c1-7-4-12(28-21-18(26)17(25)16(24)13(6-22)29-21)15-9(3)20(27)30-19(15)14-8(2)11(23)5-10(7)14/h8-19,21-26H,1,4-6H2,2-3H3/t8-,9+,10+,11-,12+,13-,14+,15-,16-,17+,18-,19-,21-/m1/s1. The molecule has 4 aliphatic rings. The molecule has 9 nitrogen and oxygen atoms in total. The molecule has 0 aromatic heterocycles. The molecule has 0 bridgehead atoms. The maximum Gasteiger partial charge on any atom is 0.309 e. The number of carbonyl (C=O) groups excluding carboxylic acids is 1. The summed E-state index contributed by atoms with van der Waals surface area (Å²) in [6.45, 7) is 7.39. The van der Waals surface area contributed by atoms with Gasteiger partial charge in [-0.15, -0.1) is 0 Å². The average Bonchev–Trinajstić information content (AvgIpc) is 3.13. The van der Waals surface area contributed by atoms with Crippen molar-refractivity contribution in [1.82, 2.24) is 0 Å². The van der Waals surface area contributed by atoms with Crippen molar-refractivity contribution in [3.63, 3.8) is 0 Å². The van der Waals surface area contributed by atoms with E-state index in [9.17, 15) is 30.3 Å². The number of hydrogen-bond acceptors (Lipinski definition) is 9. The zero-order valence-electron chi connectivity index (χ0n) is 17.2. The molecule has 2 aliphatic carbocycles. The van der Waals surface area contributed by atoms with Crippen molar-refractivity contribution in [2.75, 3.05) is 6.61 Å². The maximum atomic E-state index is 12.5. The monoisotopic (exact) mass is 428 g/mol. The molecule has 0 unspecified atom stereocenters. The molecular formula is C21H32O9. The van der Waals surface area contributed by atoms with E-state index in [1.54, 1.807) is 6.92 Å². The zero-order chi connectivity index (χ0) is 21.9. The van der Waals surface area contributed by atoms with Gasteiger partial charge in [0.25, 0.3) is 0 Å². The van der Waals surface area contributed by atoms with Crippen LogP contribution in [0.2, 0.25) is 0 Å². The quantitative estimate of drug-likeness (QED) is 0.280. The van der Waals surface area contributed by atoms with E-state index in [-0.39, 0.29) is 29.6 Å². The summed E-state index contributed by atoms with van der Waals surface area (Å²) >= 11 is 0. The zero-order valence-corrected chi connectivity index (χ0v) is 17.2. The number of fused-ring (bicyclic) bond motifs is 3. The van der Waals surface area contributed by atoms with Crippen molar-refractivity contribution < 1.29 is 44.5 Å². The van der Waals surface area contributed by atoms with Crippen LogP contribution in [0.5, 0.6) is 0 Å². The number of esters is 1. The molecule has 170 valence electrons. The summed E-state index contributed by atoms with van der Waals surface area (Å²) in [4.78, 5) is 12.5. The number of ether oxygens (including phenoxy) is 3. The molecule has 2 heterocycles. The minimum Gasteiger partial charge on any atom is -0.461 e. The molecule has 0 radical (unpaired) electrons. The van der Waals surface area contributed by atoms with Gasteiger partial charge in [0.15, 0.2) is 6.29 Å². The van der Waals surface area contributed by atoms with Gasteiger partial charge in [-0.05, 0) is 24.7 Å². The fourth-order valence-corrected chi connectivity index (χ4v) is 5.89. The molecule has 5 N–H and O–H groups in total. The number of hydrogen-bond donors (Lipinski definition) is 5. The number of rotatable bonds is 3. The lowest BCUT2D eigenvalue weighted by Crippen LogP contribution is -2.60. The fourth-order valence-electron chi connectivity index (χ4n) is 5.89. The number of carbonyl (C=O) groups is 1. The Labute approximate surface area is 175 Å². The molecule has 0 aromatic rings. The highest BCUT2D eigenvalue weighted by Gasteiger charge is 2.59. The lowest BCUT2D eigenvalue weighted by Gasteiger charge is -2.42. The van der Waals surface area contributed by atoms with Gasteiger partial charge in [-0.25, -0.2) is 0 Å². The summed E-state index contributed by atoms with van der Waals surface area (Å²) in [7, 11) is 0. The molecule has 30 heavy (non-hydrogen) atoms. The second-order valence-electron chi connectivity index (χ2n) is 9.35. The molecule has 0 aromatic carbocycles. The Morgan fingerprint density at radius 2 is 1.80 bits per heavy atom. The third-order valence-corrected chi connectivity index (χ3v) is 7.71. The van der Waals surface area contributed by atoms with Crippen molar-refractivity contribution in [3.05, 3.63) is 12.2 Å². The van der Waals surface area contributed by atoms with Crippen molar-refractivity contribution in [1.29, 1.82) is 0 Å². The van der Waals surface area contributed by atoms with E-state index in [2.05, 4.69) is 6.58 Å². The molecule has 4 rings (SSSR count). The molecule has 0 spiro atoms. The van der Waals surface area contributed by atoms with E-state index in [4.69, 9.17) is 14.2 Å². The molecule has 0 amide bonds.